The van der Waals surface area contributed by atoms with Gasteiger partial charge in [-0.05, 0) is 17.5 Å². The molecule has 2 aromatic carbocycles. The molecule has 0 aliphatic carbocycles. The van der Waals surface area contributed by atoms with Crippen LogP contribution in [0.25, 0.3) is 10.8 Å². The molecule has 0 aromatic heterocycles. The van der Waals surface area contributed by atoms with Crippen molar-refractivity contribution in [3.63, 3.8) is 0 Å². The number of carbonyl (C=O) groups excluding carboxylic acids is 1. The Morgan fingerprint density at radius 1 is 1.05 bits per heavy atom. The lowest BCUT2D eigenvalue weighted by atomic mass is 10.1. The first-order valence-corrected chi connectivity index (χ1v) is 8.46. The van der Waals surface area contributed by atoms with Crippen LogP contribution in [0.5, 0.6) is 5.75 Å². The van der Waals surface area contributed by atoms with Crippen molar-refractivity contribution in [1.82, 2.24) is 0 Å². The van der Waals surface area contributed by atoms with Crippen LogP contribution in [0.3, 0.4) is 0 Å². The molecule has 1 aliphatic heterocycles. The van der Waals surface area contributed by atoms with Gasteiger partial charge >= 0.3 is 6.36 Å². The number of Topliss-reactive ketones (excluding diaryl/α,β-unsaturated/α-hetero) is 1. The molecule has 0 N–H and O–H groups in total. The number of hydrogen-bond acceptors (Lipinski definition) is 2. The largest absolute Gasteiger partial charge is 0.573 e. The van der Waals surface area contributed by atoms with Crippen LogP contribution in [0, 0.1) is 0 Å². The maximum absolute atomic E-state index is 12.5. The van der Waals surface area contributed by atoms with Crippen LogP contribution in [0.1, 0.15) is 12.8 Å². The maximum Gasteiger partial charge on any atom is 0.573 e. The highest BCUT2D eigenvalue weighted by Crippen LogP contribution is 2.34. The van der Waals surface area contributed by atoms with Gasteiger partial charge in [-0.3, -0.25) is 4.79 Å². The maximum atomic E-state index is 12.5. The minimum Gasteiger partial charge on any atom is -0.406 e. The van der Waals surface area contributed by atoms with E-state index in [1.807, 2.05) is 12.1 Å². The van der Waals surface area contributed by atoms with E-state index in [1.165, 1.54) is 12.1 Å². The second-order valence-corrected chi connectivity index (χ2v) is 7.37. The molecule has 0 unspecified atom stereocenters. The number of fused-ring (bicyclic) bond motifs is 1. The van der Waals surface area contributed by atoms with Crippen LogP contribution in [0.2, 0.25) is 0 Å². The summed E-state index contributed by atoms with van der Waals surface area (Å²) in [7, 11) is -0.210. The predicted molar refractivity (Wildman–Crippen MR) is 80.2 cm³/mol. The number of benzene rings is 2. The van der Waals surface area contributed by atoms with Gasteiger partial charge in [-0.1, -0.05) is 18.2 Å². The Morgan fingerprint density at radius 3 is 2.41 bits per heavy atom. The van der Waals surface area contributed by atoms with E-state index in [0.29, 0.717) is 24.3 Å². The molecular formula is C16H14F3O2S+. The van der Waals surface area contributed by atoms with Gasteiger partial charge in [0.2, 0.25) is 0 Å². The second kappa shape index (κ2) is 5.83. The molecule has 2 nitrogen and oxygen atoms in total. The number of ether oxygens (including phenoxy) is 1. The lowest BCUT2D eigenvalue weighted by molar-refractivity contribution is -0.274. The minimum atomic E-state index is -4.70. The Labute approximate surface area is 128 Å². The third-order valence-electron chi connectivity index (χ3n) is 3.60. The standard InChI is InChI=1S/C16H14F3O2S/c17-16(18,19)21-13-9-11-3-1-2-4-14(11)15(10-13)22-7-5-12(20)6-8-22/h1-4,9-10H,5-8H2/q+1. The molecule has 0 atom stereocenters. The highest BCUT2D eigenvalue weighted by Gasteiger charge is 2.34. The second-order valence-electron chi connectivity index (χ2n) is 5.13. The molecule has 0 bridgehead atoms. The van der Waals surface area contributed by atoms with E-state index in [0.717, 1.165) is 15.7 Å². The summed E-state index contributed by atoms with van der Waals surface area (Å²) in [5.41, 5.74) is 0. The number of rotatable bonds is 2. The van der Waals surface area contributed by atoms with Crippen molar-refractivity contribution >= 4 is 27.5 Å². The summed E-state index contributed by atoms with van der Waals surface area (Å²) in [6.07, 6.45) is -3.70. The van der Waals surface area contributed by atoms with Gasteiger partial charge in [-0.2, -0.15) is 0 Å². The Balaban J connectivity index is 2.04. The Bertz CT molecular complexity index is 702. The molecule has 3 rings (SSSR count). The van der Waals surface area contributed by atoms with Crippen molar-refractivity contribution in [3.8, 4) is 5.75 Å². The molecule has 116 valence electrons. The molecule has 22 heavy (non-hydrogen) atoms. The number of halogens is 3. The van der Waals surface area contributed by atoms with Gasteiger partial charge in [0, 0.05) is 22.3 Å². The third-order valence-corrected chi connectivity index (χ3v) is 5.95. The lowest BCUT2D eigenvalue weighted by Crippen LogP contribution is -2.24. The third kappa shape index (κ3) is 3.38. The van der Waals surface area contributed by atoms with Gasteiger partial charge in [-0.15, -0.1) is 13.2 Å². The quantitative estimate of drug-likeness (QED) is 0.777. The Morgan fingerprint density at radius 2 is 1.73 bits per heavy atom. The number of carbonyl (C=O) groups is 1. The molecule has 1 heterocycles. The van der Waals surface area contributed by atoms with E-state index in [-0.39, 0.29) is 22.4 Å². The van der Waals surface area contributed by atoms with Crippen LogP contribution in [-0.4, -0.2) is 23.7 Å². The van der Waals surface area contributed by atoms with Gasteiger partial charge < -0.3 is 4.74 Å². The van der Waals surface area contributed by atoms with Crippen LogP contribution < -0.4 is 4.74 Å². The molecule has 0 radical (unpaired) electrons. The molecule has 0 saturated carbocycles. The van der Waals surface area contributed by atoms with Gasteiger partial charge in [-0.25, -0.2) is 0 Å². The lowest BCUT2D eigenvalue weighted by Gasteiger charge is -2.16. The molecule has 2 aromatic rings. The van der Waals surface area contributed by atoms with Gasteiger partial charge in [0.05, 0.1) is 12.8 Å². The molecule has 1 saturated heterocycles. The smallest absolute Gasteiger partial charge is 0.406 e. The summed E-state index contributed by atoms with van der Waals surface area (Å²) < 4.78 is 41.6. The molecule has 1 fully saturated rings. The molecule has 1 aliphatic rings. The summed E-state index contributed by atoms with van der Waals surface area (Å²) in [6.45, 7) is 0. The van der Waals surface area contributed by atoms with E-state index >= 15 is 0 Å². The van der Waals surface area contributed by atoms with Crippen molar-refractivity contribution < 1.29 is 22.7 Å². The summed E-state index contributed by atoms with van der Waals surface area (Å²) in [5.74, 6) is 1.46. The summed E-state index contributed by atoms with van der Waals surface area (Å²) in [6, 6.07) is 10.2. The van der Waals surface area contributed by atoms with Crippen molar-refractivity contribution in [1.29, 1.82) is 0 Å². The van der Waals surface area contributed by atoms with E-state index < -0.39 is 6.36 Å². The summed E-state index contributed by atoms with van der Waals surface area (Å²) >= 11 is 0. The first-order chi connectivity index (χ1) is 10.4. The van der Waals surface area contributed by atoms with Crippen molar-refractivity contribution in [2.75, 3.05) is 11.5 Å². The van der Waals surface area contributed by atoms with Gasteiger partial charge in [0.25, 0.3) is 0 Å². The van der Waals surface area contributed by atoms with Crippen molar-refractivity contribution in [2.45, 2.75) is 24.1 Å². The van der Waals surface area contributed by atoms with Gasteiger partial charge in [0.15, 0.2) is 4.90 Å². The molecular weight excluding hydrogens is 313 g/mol. The van der Waals surface area contributed by atoms with E-state index in [2.05, 4.69) is 4.74 Å². The first-order valence-electron chi connectivity index (χ1n) is 6.90. The normalized spacial score (nSPS) is 17.0. The monoisotopic (exact) mass is 327 g/mol. The fourth-order valence-electron chi connectivity index (χ4n) is 2.60. The zero-order chi connectivity index (χ0) is 15.7. The molecule has 0 spiro atoms. The highest BCUT2D eigenvalue weighted by molar-refractivity contribution is 7.97. The van der Waals surface area contributed by atoms with Crippen LogP contribution in [0.4, 0.5) is 13.2 Å². The zero-order valence-corrected chi connectivity index (χ0v) is 12.5. The van der Waals surface area contributed by atoms with Crippen molar-refractivity contribution in [2.24, 2.45) is 0 Å². The van der Waals surface area contributed by atoms with Crippen LogP contribution in [0.15, 0.2) is 41.3 Å². The average molecular weight is 327 g/mol. The Hall–Kier alpha value is -1.69. The molecule has 6 heteroatoms. The average Bonchev–Trinajstić information content (AvgIpc) is 2.45. The topological polar surface area (TPSA) is 26.3 Å². The fourth-order valence-corrected chi connectivity index (χ4v) is 4.97. The minimum absolute atomic E-state index is 0.189. The fraction of sp³-hybridized carbons (Fsp3) is 0.312. The van der Waals surface area contributed by atoms with E-state index in [4.69, 9.17) is 0 Å². The van der Waals surface area contributed by atoms with Crippen LogP contribution in [-0.2, 0) is 15.7 Å². The predicted octanol–water partition coefficient (Wildman–Crippen LogP) is 4.08. The number of alkyl halides is 3. The zero-order valence-electron chi connectivity index (χ0n) is 11.7. The SMILES string of the molecule is O=C1CC[S+](c2cc(OC(F)(F)F)cc3ccccc23)CC1. The Kier molecular flexibility index (Phi) is 4.04. The molecule has 0 amide bonds. The highest BCUT2D eigenvalue weighted by atomic mass is 32.2. The summed E-state index contributed by atoms with van der Waals surface area (Å²) in [5, 5.41) is 1.67. The van der Waals surface area contributed by atoms with E-state index in [9.17, 15) is 18.0 Å². The number of hydrogen-bond donors (Lipinski definition) is 0. The number of ketones is 1. The van der Waals surface area contributed by atoms with Crippen molar-refractivity contribution in [3.05, 3.63) is 36.4 Å². The van der Waals surface area contributed by atoms with Gasteiger partial charge in [0.1, 0.15) is 23.0 Å². The van der Waals surface area contributed by atoms with Crippen LogP contribution >= 0.6 is 0 Å². The summed E-state index contributed by atoms with van der Waals surface area (Å²) in [4.78, 5) is 12.3. The van der Waals surface area contributed by atoms with E-state index in [1.54, 1.807) is 12.1 Å². The first kappa shape index (κ1) is 15.2.